The number of amides is 2. The fraction of sp³-hybridized carbons (Fsp3) is 0.176. The summed E-state index contributed by atoms with van der Waals surface area (Å²) in [5.74, 6) is -2.19. The molecule has 0 unspecified atom stereocenters. The Bertz CT molecular complexity index is 715. The Balaban J connectivity index is 2.04. The SMILES string of the molecule is CCCC(=O)Nc1ccc(C(=O)Nc2ccc(F)cc2F)cc1. The van der Waals surface area contributed by atoms with E-state index in [1.54, 1.807) is 12.1 Å². The number of anilines is 2. The molecule has 0 aliphatic carbocycles. The smallest absolute Gasteiger partial charge is 0.255 e. The van der Waals surface area contributed by atoms with Gasteiger partial charge in [-0.1, -0.05) is 6.92 Å². The highest BCUT2D eigenvalue weighted by Crippen LogP contribution is 2.17. The van der Waals surface area contributed by atoms with Crippen molar-refractivity contribution in [2.45, 2.75) is 19.8 Å². The molecule has 0 saturated carbocycles. The first kappa shape index (κ1) is 16.6. The summed E-state index contributed by atoms with van der Waals surface area (Å²) in [6.45, 7) is 1.90. The molecule has 0 saturated heterocycles. The highest BCUT2D eigenvalue weighted by Gasteiger charge is 2.10. The summed E-state index contributed by atoms with van der Waals surface area (Å²) < 4.78 is 26.3. The number of nitrogens with one attached hydrogen (secondary N) is 2. The van der Waals surface area contributed by atoms with Gasteiger partial charge in [0.05, 0.1) is 5.69 Å². The maximum absolute atomic E-state index is 13.5. The Kier molecular flexibility index (Phi) is 5.41. The van der Waals surface area contributed by atoms with Crippen LogP contribution in [0, 0.1) is 11.6 Å². The molecule has 6 heteroatoms. The molecule has 0 bridgehead atoms. The number of hydrogen-bond donors (Lipinski definition) is 2. The lowest BCUT2D eigenvalue weighted by Crippen LogP contribution is -2.14. The Labute approximate surface area is 132 Å². The van der Waals surface area contributed by atoms with Gasteiger partial charge in [-0.2, -0.15) is 0 Å². The van der Waals surface area contributed by atoms with Crippen LogP contribution in [0.2, 0.25) is 0 Å². The van der Waals surface area contributed by atoms with Crippen molar-refractivity contribution in [2.75, 3.05) is 10.6 Å². The third kappa shape index (κ3) is 4.60. The number of benzene rings is 2. The van der Waals surface area contributed by atoms with Crippen molar-refractivity contribution in [2.24, 2.45) is 0 Å². The van der Waals surface area contributed by atoms with E-state index in [0.29, 0.717) is 23.7 Å². The molecular weight excluding hydrogens is 302 g/mol. The first-order chi connectivity index (χ1) is 11.0. The molecule has 2 amide bonds. The van der Waals surface area contributed by atoms with Gasteiger partial charge in [0.25, 0.3) is 5.91 Å². The minimum absolute atomic E-state index is 0.0990. The lowest BCUT2D eigenvalue weighted by atomic mass is 10.2. The van der Waals surface area contributed by atoms with Gasteiger partial charge in [-0.15, -0.1) is 0 Å². The standard InChI is InChI=1S/C17H16F2N2O2/c1-2-3-16(22)20-13-7-4-11(5-8-13)17(23)21-15-9-6-12(18)10-14(15)19/h4-10H,2-3H2,1H3,(H,20,22)(H,21,23). The number of carbonyl (C=O) groups excluding carboxylic acids is 2. The topological polar surface area (TPSA) is 58.2 Å². The zero-order valence-corrected chi connectivity index (χ0v) is 12.5. The van der Waals surface area contributed by atoms with E-state index in [0.717, 1.165) is 18.6 Å². The van der Waals surface area contributed by atoms with Crippen LogP contribution >= 0.6 is 0 Å². The Morgan fingerprint density at radius 1 is 1.00 bits per heavy atom. The first-order valence-electron chi connectivity index (χ1n) is 7.16. The van der Waals surface area contributed by atoms with Crippen LogP contribution in [-0.4, -0.2) is 11.8 Å². The van der Waals surface area contributed by atoms with Gasteiger partial charge in [-0.3, -0.25) is 9.59 Å². The molecule has 23 heavy (non-hydrogen) atoms. The number of hydrogen-bond acceptors (Lipinski definition) is 2. The predicted octanol–water partition coefficient (Wildman–Crippen LogP) is 3.96. The molecule has 4 nitrogen and oxygen atoms in total. The maximum Gasteiger partial charge on any atom is 0.255 e. The second-order valence-corrected chi connectivity index (χ2v) is 4.95. The Morgan fingerprint density at radius 3 is 2.30 bits per heavy atom. The average molecular weight is 318 g/mol. The lowest BCUT2D eigenvalue weighted by Gasteiger charge is -2.08. The highest BCUT2D eigenvalue weighted by atomic mass is 19.1. The Hall–Kier alpha value is -2.76. The monoisotopic (exact) mass is 318 g/mol. The van der Waals surface area contributed by atoms with Crippen molar-refractivity contribution >= 4 is 23.2 Å². The summed E-state index contributed by atoms with van der Waals surface area (Å²) in [4.78, 5) is 23.5. The molecule has 2 rings (SSSR count). The number of rotatable bonds is 5. The van der Waals surface area contributed by atoms with Gasteiger partial charge in [-0.25, -0.2) is 8.78 Å². The van der Waals surface area contributed by atoms with E-state index in [1.807, 2.05) is 6.92 Å². The largest absolute Gasteiger partial charge is 0.326 e. The van der Waals surface area contributed by atoms with Gasteiger partial charge in [0.1, 0.15) is 11.6 Å². The third-order valence-corrected chi connectivity index (χ3v) is 3.09. The summed E-state index contributed by atoms with van der Waals surface area (Å²) in [5.41, 5.74) is 0.770. The summed E-state index contributed by atoms with van der Waals surface area (Å²) in [5, 5.41) is 5.07. The number of halogens is 2. The fourth-order valence-corrected chi connectivity index (χ4v) is 1.94. The molecule has 0 fully saturated rings. The predicted molar refractivity (Wildman–Crippen MR) is 84.3 cm³/mol. The van der Waals surface area contributed by atoms with Gasteiger partial charge < -0.3 is 10.6 Å². The highest BCUT2D eigenvalue weighted by molar-refractivity contribution is 6.04. The first-order valence-corrected chi connectivity index (χ1v) is 7.16. The van der Waals surface area contributed by atoms with E-state index in [2.05, 4.69) is 10.6 Å². The van der Waals surface area contributed by atoms with Crippen molar-refractivity contribution in [1.82, 2.24) is 0 Å². The molecule has 2 aromatic rings. The molecule has 2 N–H and O–H groups in total. The fourth-order valence-electron chi connectivity index (χ4n) is 1.94. The molecule has 0 heterocycles. The minimum atomic E-state index is -0.846. The van der Waals surface area contributed by atoms with Crippen LogP contribution in [0.25, 0.3) is 0 Å². The van der Waals surface area contributed by atoms with E-state index >= 15 is 0 Å². The second-order valence-electron chi connectivity index (χ2n) is 4.95. The van der Waals surface area contributed by atoms with Crippen LogP contribution < -0.4 is 10.6 Å². The van der Waals surface area contributed by atoms with Crippen LogP contribution in [0.1, 0.15) is 30.1 Å². The number of carbonyl (C=O) groups is 2. The van der Waals surface area contributed by atoms with E-state index in [-0.39, 0.29) is 11.6 Å². The molecule has 0 atom stereocenters. The molecule has 0 aromatic heterocycles. The van der Waals surface area contributed by atoms with Crippen molar-refractivity contribution < 1.29 is 18.4 Å². The van der Waals surface area contributed by atoms with Crippen LogP contribution in [0.5, 0.6) is 0 Å². The summed E-state index contributed by atoms with van der Waals surface area (Å²) in [6, 6.07) is 9.11. The maximum atomic E-state index is 13.5. The molecule has 0 aliphatic heterocycles. The summed E-state index contributed by atoms with van der Waals surface area (Å²) >= 11 is 0. The lowest BCUT2D eigenvalue weighted by molar-refractivity contribution is -0.116. The van der Waals surface area contributed by atoms with Crippen LogP contribution in [0.4, 0.5) is 20.2 Å². The van der Waals surface area contributed by atoms with E-state index in [1.165, 1.54) is 12.1 Å². The van der Waals surface area contributed by atoms with Crippen LogP contribution in [0.15, 0.2) is 42.5 Å². The van der Waals surface area contributed by atoms with Crippen molar-refractivity contribution in [1.29, 1.82) is 0 Å². The van der Waals surface area contributed by atoms with E-state index in [9.17, 15) is 18.4 Å². The average Bonchev–Trinajstić information content (AvgIpc) is 2.51. The molecule has 2 aromatic carbocycles. The van der Waals surface area contributed by atoms with E-state index < -0.39 is 17.5 Å². The van der Waals surface area contributed by atoms with Gasteiger partial charge in [0.2, 0.25) is 5.91 Å². The van der Waals surface area contributed by atoms with Crippen molar-refractivity contribution in [3.63, 3.8) is 0 Å². The van der Waals surface area contributed by atoms with Crippen LogP contribution in [-0.2, 0) is 4.79 Å². The Morgan fingerprint density at radius 2 is 1.70 bits per heavy atom. The summed E-state index contributed by atoms with van der Waals surface area (Å²) in [6.07, 6.45) is 1.17. The quantitative estimate of drug-likeness (QED) is 0.877. The molecule has 120 valence electrons. The zero-order valence-electron chi connectivity index (χ0n) is 12.5. The second kappa shape index (κ2) is 7.49. The molecule has 0 radical (unpaired) electrons. The van der Waals surface area contributed by atoms with Crippen LogP contribution in [0.3, 0.4) is 0 Å². The normalized spacial score (nSPS) is 10.2. The van der Waals surface area contributed by atoms with Crippen molar-refractivity contribution in [3.05, 3.63) is 59.7 Å². The minimum Gasteiger partial charge on any atom is -0.326 e. The molecule has 0 aliphatic rings. The van der Waals surface area contributed by atoms with Crippen molar-refractivity contribution in [3.8, 4) is 0 Å². The van der Waals surface area contributed by atoms with Gasteiger partial charge >= 0.3 is 0 Å². The summed E-state index contributed by atoms with van der Waals surface area (Å²) in [7, 11) is 0. The van der Waals surface area contributed by atoms with Gasteiger partial charge in [0, 0.05) is 23.7 Å². The van der Waals surface area contributed by atoms with E-state index in [4.69, 9.17) is 0 Å². The molecular formula is C17H16F2N2O2. The molecule has 0 spiro atoms. The van der Waals surface area contributed by atoms with Gasteiger partial charge in [-0.05, 0) is 42.8 Å². The third-order valence-electron chi connectivity index (χ3n) is 3.09. The van der Waals surface area contributed by atoms with Gasteiger partial charge in [0.15, 0.2) is 0 Å². The zero-order chi connectivity index (χ0) is 16.8.